The third-order valence-corrected chi connectivity index (χ3v) is 3.72. The van der Waals surface area contributed by atoms with Gasteiger partial charge in [0.05, 0.1) is 12.2 Å². The number of carbonyl (C=O) groups excluding carboxylic acids is 1. The van der Waals surface area contributed by atoms with E-state index >= 15 is 0 Å². The summed E-state index contributed by atoms with van der Waals surface area (Å²) >= 11 is 0. The van der Waals surface area contributed by atoms with Crippen molar-refractivity contribution in [1.29, 1.82) is 0 Å². The molecule has 4 heteroatoms. The minimum absolute atomic E-state index is 0.450. The molecular weight excluding hydrogens is 206 g/mol. The molecule has 15 heavy (non-hydrogen) atoms. The van der Waals surface area contributed by atoms with Gasteiger partial charge in [0.2, 0.25) is 5.88 Å². The van der Waals surface area contributed by atoms with Gasteiger partial charge in [-0.15, -0.1) is 0 Å². The van der Waals surface area contributed by atoms with Crippen molar-refractivity contribution in [3.8, 4) is 5.88 Å². The number of carbonyl (C=O) groups is 1. The lowest BCUT2D eigenvalue weighted by Gasteiger charge is -2.15. The number of aromatic nitrogens is 1. The molecule has 0 fully saturated rings. The fourth-order valence-electron chi connectivity index (χ4n) is 1.07. The van der Waals surface area contributed by atoms with E-state index in [0.29, 0.717) is 18.1 Å². The first-order valence-electron chi connectivity index (χ1n) is 5.06. The molecule has 1 aromatic heterocycles. The van der Waals surface area contributed by atoms with E-state index in [4.69, 9.17) is 4.74 Å². The van der Waals surface area contributed by atoms with Crippen LogP contribution >= 0.6 is 0 Å². The molecule has 0 amide bonds. The first-order valence-corrected chi connectivity index (χ1v) is 8.76. The van der Waals surface area contributed by atoms with Gasteiger partial charge in [-0.05, 0) is 18.2 Å². The van der Waals surface area contributed by atoms with E-state index in [0.717, 1.165) is 12.3 Å². The standard InChI is InChI=1S/C11H17NO2Si/c1-15(2,3)8-7-14-11-10(9-13)5-4-6-12-11/h4-6,9H,7-8H2,1-3H3. The molecule has 0 N–H and O–H groups in total. The van der Waals surface area contributed by atoms with Gasteiger partial charge < -0.3 is 4.74 Å². The van der Waals surface area contributed by atoms with Crippen molar-refractivity contribution in [1.82, 2.24) is 4.98 Å². The van der Waals surface area contributed by atoms with E-state index in [9.17, 15) is 4.79 Å². The van der Waals surface area contributed by atoms with Crippen LogP contribution in [-0.2, 0) is 0 Å². The van der Waals surface area contributed by atoms with Crippen LogP contribution in [0.25, 0.3) is 0 Å². The van der Waals surface area contributed by atoms with Gasteiger partial charge >= 0.3 is 0 Å². The van der Waals surface area contributed by atoms with Crippen LogP contribution in [0.2, 0.25) is 25.7 Å². The predicted octanol–water partition coefficient (Wildman–Crippen LogP) is 2.61. The minimum atomic E-state index is -1.08. The number of rotatable bonds is 5. The highest BCUT2D eigenvalue weighted by Gasteiger charge is 2.13. The highest BCUT2D eigenvalue weighted by atomic mass is 28.3. The minimum Gasteiger partial charge on any atom is -0.477 e. The molecule has 0 aliphatic carbocycles. The molecule has 0 saturated carbocycles. The maximum atomic E-state index is 10.7. The zero-order valence-electron chi connectivity index (χ0n) is 9.49. The van der Waals surface area contributed by atoms with Crippen LogP contribution in [0.5, 0.6) is 5.88 Å². The van der Waals surface area contributed by atoms with E-state index in [2.05, 4.69) is 24.6 Å². The van der Waals surface area contributed by atoms with Gasteiger partial charge in [0, 0.05) is 14.3 Å². The molecule has 3 nitrogen and oxygen atoms in total. The molecule has 1 aromatic rings. The summed E-state index contributed by atoms with van der Waals surface area (Å²) in [6.45, 7) is 7.51. The molecule has 0 atom stereocenters. The van der Waals surface area contributed by atoms with Crippen LogP contribution in [0.3, 0.4) is 0 Å². The van der Waals surface area contributed by atoms with E-state index in [1.165, 1.54) is 0 Å². The van der Waals surface area contributed by atoms with E-state index < -0.39 is 8.07 Å². The summed E-state index contributed by atoms with van der Waals surface area (Å²) in [5, 5.41) is 0. The Hall–Kier alpha value is -1.16. The summed E-state index contributed by atoms with van der Waals surface area (Å²) < 4.78 is 5.50. The average Bonchev–Trinajstić information content (AvgIpc) is 2.16. The van der Waals surface area contributed by atoms with Crippen LogP contribution < -0.4 is 4.74 Å². The Kier molecular flexibility index (Phi) is 4.02. The first kappa shape index (κ1) is 11.9. The van der Waals surface area contributed by atoms with Crippen LogP contribution in [-0.4, -0.2) is 26.0 Å². The quantitative estimate of drug-likeness (QED) is 0.569. The predicted molar refractivity (Wildman–Crippen MR) is 63.3 cm³/mol. The van der Waals surface area contributed by atoms with Gasteiger partial charge in [-0.2, -0.15) is 0 Å². The van der Waals surface area contributed by atoms with Gasteiger partial charge in [0.25, 0.3) is 0 Å². The van der Waals surface area contributed by atoms with Crippen LogP contribution in [0.4, 0.5) is 0 Å². The fourth-order valence-corrected chi connectivity index (χ4v) is 1.78. The van der Waals surface area contributed by atoms with Gasteiger partial charge in [0.1, 0.15) is 0 Å². The molecule has 0 aliphatic rings. The molecule has 0 bridgehead atoms. The number of aldehydes is 1. The van der Waals surface area contributed by atoms with Crippen molar-refractivity contribution in [2.45, 2.75) is 25.7 Å². The third-order valence-electron chi connectivity index (χ3n) is 2.02. The Balaban J connectivity index is 2.54. The van der Waals surface area contributed by atoms with Crippen molar-refractivity contribution < 1.29 is 9.53 Å². The second kappa shape index (κ2) is 5.07. The van der Waals surface area contributed by atoms with Gasteiger partial charge in [-0.1, -0.05) is 19.6 Å². The third kappa shape index (κ3) is 4.25. The maximum Gasteiger partial charge on any atom is 0.224 e. The second-order valence-corrected chi connectivity index (χ2v) is 10.3. The molecule has 0 aliphatic heterocycles. The Bertz CT molecular complexity index is 334. The lowest BCUT2D eigenvalue weighted by atomic mass is 10.3. The number of nitrogens with zero attached hydrogens (tertiary/aromatic N) is 1. The highest BCUT2D eigenvalue weighted by Crippen LogP contribution is 2.14. The summed E-state index contributed by atoms with van der Waals surface area (Å²) in [6, 6.07) is 4.51. The topological polar surface area (TPSA) is 39.2 Å². The average molecular weight is 223 g/mol. The largest absolute Gasteiger partial charge is 0.477 e. The normalized spacial score (nSPS) is 11.1. The SMILES string of the molecule is C[Si](C)(C)CCOc1ncccc1C=O. The second-order valence-electron chi connectivity index (χ2n) is 4.67. The lowest BCUT2D eigenvalue weighted by Crippen LogP contribution is -2.22. The molecule has 1 rings (SSSR count). The monoisotopic (exact) mass is 223 g/mol. The molecule has 82 valence electrons. The Morgan fingerprint density at radius 1 is 1.47 bits per heavy atom. The maximum absolute atomic E-state index is 10.7. The molecule has 0 radical (unpaired) electrons. The smallest absolute Gasteiger partial charge is 0.224 e. The number of ether oxygens (including phenoxy) is 1. The van der Waals surface area contributed by atoms with Crippen LogP contribution in [0.15, 0.2) is 18.3 Å². The molecular formula is C11H17NO2Si. The molecule has 0 spiro atoms. The summed E-state index contributed by atoms with van der Waals surface area (Å²) in [6.07, 6.45) is 2.41. The lowest BCUT2D eigenvalue weighted by molar-refractivity contribution is 0.111. The Morgan fingerprint density at radius 2 is 2.20 bits per heavy atom. The van der Waals surface area contributed by atoms with E-state index in [1.54, 1.807) is 18.3 Å². The first-order chi connectivity index (χ1) is 7.03. The summed E-state index contributed by atoms with van der Waals surface area (Å²) in [4.78, 5) is 14.7. The van der Waals surface area contributed by atoms with Crippen molar-refractivity contribution >= 4 is 14.4 Å². The van der Waals surface area contributed by atoms with Crippen LogP contribution in [0.1, 0.15) is 10.4 Å². The molecule has 0 unspecified atom stereocenters. The van der Waals surface area contributed by atoms with Crippen LogP contribution in [0, 0.1) is 0 Å². The van der Waals surface area contributed by atoms with Gasteiger partial charge in [-0.25, -0.2) is 4.98 Å². The number of pyridine rings is 1. The summed E-state index contributed by atoms with van der Waals surface area (Å²) in [5.74, 6) is 0.450. The Labute approximate surface area is 91.5 Å². The van der Waals surface area contributed by atoms with Crippen molar-refractivity contribution in [2.75, 3.05) is 6.61 Å². The number of hydrogen-bond donors (Lipinski definition) is 0. The van der Waals surface area contributed by atoms with Crippen molar-refractivity contribution in [3.05, 3.63) is 23.9 Å². The van der Waals surface area contributed by atoms with E-state index in [-0.39, 0.29) is 0 Å². The molecule has 0 aromatic carbocycles. The zero-order chi connectivity index (χ0) is 11.3. The summed E-state index contributed by atoms with van der Waals surface area (Å²) in [7, 11) is -1.08. The highest BCUT2D eigenvalue weighted by molar-refractivity contribution is 6.76. The number of hydrogen-bond acceptors (Lipinski definition) is 3. The zero-order valence-corrected chi connectivity index (χ0v) is 10.5. The Morgan fingerprint density at radius 3 is 2.80 bits per heavy atom. The molecule has 1 heterocycles. The van der Waals surface area contributed by atoms with Crippen molar-refractivity contribution in [2.24, 2.45) is 0 Å². The molecule has 0 saturated heterocycles. The van der Waals surface area contributed by atoms with E-state index in [1.807, 2.05) is 0 Å². The van der Waals surface area contributed by atoms with Crippen molar-refractivity contribution in [3.63, 3.8) is 0 Å². The fraction of sp³-hybridized carbons (Fsp3) is 0.455. The van der Waals surface area contributed by atoms with Gasteiger partial charge in [0.15, 0.2) is 6.29 Å². The summed E-state index contributed by atoms with van der Waals surface area (Å²) in [5.41, 5.74) is 0.521. The van der Waals surface area contributed by atoms with Gasteiger partial charge in [-0.3, -0.25) is 4.79 Å².